The van der Waals surface area contributed by atoms with Gasteiger partial charge in [0.15, 0.2) is 12.4 Å². The smallest absolute Gasteiger partial charge is 0.469 e. The Morgan fingerprint density at radius 1 is 1.52 bits per heavy atom. The van der Waals surface area contributed by atoms with E-state index in [4.69, 9.17) is 19.6 Å². The number of rotatable bonds is 5. The molecule has 21 heavy (non-hydrogen) atoms. The van der Waals surface area contributed by atoms with E-state index in [0.717, 1.165) is 0 Å². The maximum absolute atomic E-state index is 10.9. The standard InChI is InChI=1S/C11H14NO8P/c13-9-4-8(6-19-21(16,17)18)20-10(9)12-3-1-2-7(5-12)11(14)15/h1-3,5,8-10,13H,4,6H2,(H2-,14,15,16,17,18)/p+1/t8-,9+,10+/m0/s1. The average Bonchev–Trinajstić information content (AvgIpc) is 2.77. The first kappa shape index (κ1) is 16.0. The minimum absolute atomic E-state index is 0.0308. The monoisotopic (exact) mass is 320 g/mol. The van der Waals surface area contributed by atoms with Gasteiger partial charge in [-0.1, -0.05) is 0 Å². The molecule has 0 spiro atoms. The Bertz CT molecular complexity index is 573. The van der Waals surface area contributed by atoms with Gasteiger partial charge in [-0.15, -0.1) is 0 Å². The summed E-state index contributed by atoms with van der Waals surface area (Å²) in [6.07, 6.45) is 0.488. The fourth-order valence-electron chi connectivity index (χ4n) is 2.06. The number of hydrogen-bond donors (Lipinski definition) is 4. The molecule has 3 atom stereocenters. The summed E-state index contributed by atoms with van der Waals surface area (Å²) in [5.74, 6) is -1.11. The molecule has 1 aromatic heterocycles. The summed E-state index contributed by atoms with van der Waals surface area (Å²) < 4.78 is 21.8. The number of aliphatic hydroxyl groups is 1. The normalized spacial score (nSPS) is 26.0. The Kier molecular flexibility index (Phi) is 4.72. The molecule has 116 valence electrons. The van der Waals surface area contributed by atoms with Gasteiger partial charge in [-0.25, -0.2) is 9.36 Å². The number of carboxylic acids is 1. The lowest BCUT2D eigenvalue weighted by Gasteiger charge is -2.11. The molecule has 2 heterocycles. The van der Waals surface area contributed by atoms with E-state index in [-0.39, 0.29) is 18.6 Å². The van der Waals surface area contributed by atoms with E-state index in [1.165, 1.54) is 29.1 Å². The van der Waals surface area contributed by atoms with Gasteiger partial charge >= 0.3 is 13.8 Å². The molecular formula is C11H15NO8P+. The van der Waals surface area contributed by atoms with E-state index in [1.807, 2.05) is 0 Å². The van der Waals surface area contributed by atoms with Crippen molar-refractivity contribution in [2.75, 3.05) is 6.61 Å². The summed E-state index contributed by atoms with van der Waals surface area (Å²) >= 11 is 0. The van der Waals surface area contributed by atoms with E-state index >= 15 is 0 Å². The molecule has 0 aliphatic carbocycles. The van der Waals surface area contributed by atoms with Crippen LogP contribution in [-0.4, -0.2) is 44.8 Å². The number of aliphatic hydroxyl groups excluding tert-OH is 1. The second-order valence-electron chi connectivity index (χ2n) is 4.58. The van der Waals surface area contributed by atoms with E-state index in [1.54, 1.807) is 0 Å². The first-order chi connectivity index (χ1) is 9.76. The Balaban J connectivity index is 2.06. The zero-order valence-corrected chi connectivity index (χ0v) is 11.7. The van der Waals surface area contributed by atoms with Crippen molar-refractivity contribution < 1.29 is 43.2 Å². The second-order valence-corrected chi connectivity index (χ2v) is 5.82. The van der Waals surface area contributed by atoms with Crippen LogP contribution < -0.4 is 4.57 Å². The number of hydrogen-bond acceptors (Lipinski definition) is 5. The van der Waals surface area contributed by atoms with Gasteiger partial charge in [-0.2, -0.15) is 4.57 Å². The Morgan fingerprint density at radius 3 is 2.86 bits per heavy atom. The lowest BCUT2D eigenvalue weighted by Crippen LogP contribution is -2.44. The first-order valence-corrected chi connectivity index (χ1v) is 7.57. The summed E-state index contributed by atoms with van der Waals surface area (Å²) in [6, 6.07) is 2.90. The SMILES string of the molecule is O=C(O)c1ccc[n+]([C@@H]2O[C@H](COP(=O)(O)O)C[C@H]2O)c1. The molecule has 1 fully saturated rings. The average molecular weight is 320 g/mol. The number of pyridine rings is 1. The number of aromatic nitrogens is 1. The van der Waals surface area contributed by atoms with Gasteiger partial charge in [-0.3, -0.25) is 4.52 Å². The molecule has 0 unspecified atom stereocenters. The fraction of sp³-hybridized carbons (Fsp3) is 0.455. The van der Waals surface area contributed by atoms with E-state index in [2.05, 4.69) is 4.52 Å². The molecule has 0 bridgehead atoms. The summed E-state index contributed by atoms with van der Waals surface area (Å²) in [5.41, 5.74) is 0.0308. The molecule has 1 aliphatic heterocycles. The molecule has 0 saturated carbocycles. The predicted octanol–water partition coefficient (Wildman–Crippen LogP) is -0.570. The number of carbonyl (C=O) groups is 1. The van der Waals surface area contributed by atoms with Crippen LogP contribution in [-0.2, 0) is 13.8 Å². The third-order valence-electron chi connectivity index (χ3n) is 2.96. The highest BCUT2D eigenvalue weighted by Gasteiger charge is 2.41. The highest BCUT2D eigenvalue weighted by Crippen LogP contribution is 2.37. The van der Waals surface area contributed by atoms with Crippen molar-refractivity contribution in [2.24, 2.45) is 0 Å². The number of phosphoric acid groups is 1. The fourth-order valence-corrected chi connectivity index (χ4v) is 2.42. The van der Waals surface area contributed by atoms with Gasteiger partial charge in [0.05, 0.1) is 12.7 Å². The number of phosphoric ester groups is 1. The van der Waals surface area contributed by atoms with Crippen molar-refractivity contribution in [1.82, 2.24) is 0 Å². The van der Waals surface area contributed by atoms with Crippen LogP contribution in [0, 0.1) is 0 Å². The topological polar surface area (TPSA) is 137 Å². The van der Waals surface area contributed by atoms with Crippen LogP contribution >= 0.6 is 7.82 Å². The van der Waals surface area contributed by atoms with Crippen LogP contribution in [0.25, 0.3) is 0 Å². The van der Waals surface area contributed by atoms with Gasteiger partial charge < -0.3 is 24.7 Å². The minimum atomic E-state index is -4.60. The lowest BCUT2D eigenvalue weighted by molar-refractivity contribution is -0.765. The number of ether oxygens (including phenoxy) is 1. The van der Waals surface area contributed by atoms with Crippen LogP contribution in [0.15, 0.2) is 24.5 Å². The van der Waals surface area contributed by atoms with Gasteiger partial charge in [-0.05, 0) is 6.07 Å². The third-order valence-corrected chi connectivity index (χ3v) is 3.44. The van der Waals surface area contributed by atoms with E-state index in [0.29, 0.717) is 0 Å². The zero-order chi connectivity index (χ0) is 15.6. The van der Waals surface area contributed by atoms with Gasteiger partial charge in [0.1, 0.15) is 11.7 Å². The largest absolute Gasteiger partial charge is 0.477 e. The first-order valence-electron chi connectivity index (χ1n) is 6.04. The number of aromatic carboxylic acids is 1. The van der Waals surface area contributed by atoms with Gasteiger partial charge in [0.2, 0.25) is 0 Å². The quantitative estimate of drug-likeness (QED) is 0.418. The molecule has 4 N–H and O–H groups in total. The summed E-state index contributed by atoms with van der Waals surface area (Å²) in [4.78, 5) is 28.2. The molecule has 0 radical (unpaired) electrons. The minimum Gasteiger partial charge on any atom is -0.477 e. The molecule has 2 rings (SSSR count). The van der Waals surface area contributed by atoms with Crippen LogP contribution in [0.5, 0.6) is 0 Å². The van der Waals surface area contributed by atoms with Gasteiger partial charge in [0, 0.05) is 12.5 Å². The van der Waals surface area contributed by atoms with Crippen LogP contribution in [0.2, 0.25) is 0 Å². The molecule has 1 aromatic rings. The van der Waals surface area contributed by atoms with E-state index < -0.39 is 32.2 Å². The highest BCUT2D eigenvalue weighted by molar-refractivity contribution is 7.46. The predicted molar refractivity (Wildman–Crippen MR) is 66.1 cm³/mol. The molecule has 9 nitrogen and oxygen atoms in total. The molecule has 10 heteroatoms. The Hall–Kier alpha value is -1.35. The van der Waals surface area contributed by atoms with Crippen LogP contribution in [0.4, 0.5) is 0 Å². The molecule has 1 aliphatic rings. The molecule has 1 saturated heterocycles. The lowest BCUT2D eigenvalue weighted by atomic mass is 10.2. The van der Waals surface area contributed by atoms with Crippen LogP contribution in [0.1, 0.15) is 23.0 Å². The number of nitrogens with zero attached hydrogens (tertiary/aromatic N) is 1. The molecule has 0 aromatic carbocycles. The van der Waals surface area contributed by atoms with Crippen molar-refractivity contribution in [3.05, 3.63) is 30.1 Å². The van der Waals surface area contributed by atoms with Crippen molar-refractivity contribution in [2.45, 2.75) is 24.9 Å². The van der Waals surface area contributed by atoms with Crippen molar-refractivity contribution in [3.8, 4) is 0 Å². The van der Waals surface area contributed by atoms with Crippen molar-refractivity contribution in [3.63, 3.8) is 0 Å². The zero-order valence-electron chi connectivity index (χ0n) is 10.8. The van der Waals surface area contributed by atoms with Crippen molar-refractivity contribution in [1.29, 1.82) is 0 Å². The maximum Gasteiger partial charge on any atom is 0.469 e. The van der Waals surface area contributed by atoms with Gasteiger partial charge in [0.25, 0.3) is 6.23 Å². The Labute approximate surface area is 119 Å². The summed E-state index contributed by atoms with van der Waals surface area (Å²) in [5, 5.41) is 18.8. The van der Waals surface area contributed by atoms with Crippen LogP contribution in [0.3, 0.4) is 0 Å². The highest BCUT2D eigenvalue weighted by atomic mass is 31.2. The second kappa shape index (κ2) is 6.18. The number of carboxylic acid groups (broad SMARTS) is 1. The van der Waals surface area contributed by atoms with Crippen molar-refractivity contribution >= 4 is 13.8 Å². The maximum atomic E-state index is 10.9. The van der Waals surface area contributed by atoms with E-state index in [9.17, 15) is 14.5 Å². The third kappa shape index (κ3) is 4.31. The molecular weight excluding hydrogens is 305 g/mol. The Morgan fingerprint density at radius 2 is 2.24 bits per heavy atom. The molecule has 0 amide bonds. The summed E-state index contributed by atoms with van der Waals surface area (Å²) in [6.45, 7) is -0.364. The summed E-state index contributed by atoms with van der Waals surface area (Å²) in [7, 11) is -4.60.